The Labute approximate surface area is 165 Å². The van der Waals surface area contributed by atoms with Crippen LogP contribution in [0.25, 0.3) is 0 Å². The SMILES string of the molecule is Cl.OC1(C(C[AsH]C2CCCCC2)c2cccc(Cl)c2)CCCCC1. The number of halogens is 2. The van der Waals surface area contributed by atoms with Gasteiger partial charge in [0.15, 0.2) is 0 Å². The Hall–Kier alpha value is 0.318. The Kier molecular flexibility index (Phi) is 8.48. The Morgan fingerprint density at radius 3 is 2.42 bits per heavy atom. The fourth-order valence-corrected chi connectivity index (χ4v) is 8.84. The van der Waals surface area contributed by atoms with Crippen molar-refractivity contribution in [2.45, 2.75) is 85.6 Å². The van der Waals surface area contributed by atoms with Gasteiger partial charge in [-0.1, -0.05) is 0 Å². The molecule has 0 aromatic heterocycles. The summed E-state index contributed by atoms with van der Waals surface area (Å²) in [7, 11) is 0. The molecule has 2 fully saturated rings. The first-order valence-corrected chi connectivity index (χ1v) is 12.5. The van der Waals surface area contributed by atoms with Gasteiger partial charge in [0.2, 0.25) is 0 Å². The van der Waals surface area contributed by atoms with Crippen molar-refractivity contribution < 1.29 is 5.11 Å². The average Bonchev–Trinajstić information content (AvgIpc) is 2.56. The summed E-state index contributed by atoms with van der Waals surface area (Å²) in [5.74, 6) is 0.309. The first-order valence-electron chi connectivity index (χ1n) is 9.39. The molecule has 2 saturated carbocycles. The Bertz CT molecular complexity index is 496. The monoisotopic (exact) mass is 432 g/mol. The molecule has 0 spiro atoms. The maximum atomic E-state index is 11.4. The number of hydrogen-bond acceptors (Lipinski definition) is 1. The minimum absolute atomic E-state index is 0. The van der Waals surface area contributed by atoms with Crippen molar-refractivity contribution in [3.05, 3.63) is 34.9 Å². The summed E-state index contributed by atoms with van der Waals surface area (Å²) >= 11 is 6.27. The molecule has 0 saturated heterocycles. The van der Waals surface area contributed by atoms with E-state index in [0.717, 1.165) is 22.6 Å². The van der Waals surface area contributed by atoms with Gasteiger partial charge in [-0.25, -0.2) is 0 Å². The second-order valence-electron chi connectivity index (χ2n) is 7.52. The van der Waals surface area contributed by atoms with Crippen LogP contribution in [-0.2, 0) is 0 Å². The van der Waals surface area contributed by atoms with E-state index in [9.17, 15) is 5.11 Å². The van der Waals surface area contributed by atoms with Crippen LogP contribution < -0.4 is 0 Å². The van der Waals surface area contributed by atoms with Gasteiger partial charge in [0, 0.05) is 0 Å². The summed E-state index contributed by atoms with van der Waals surface area (Å²) in [5, 5.41) is 13.4. The molecule has 2 aliphatic rings. The molecule has 1 aromatic rings. The second-order valence-corrected chi connectivity index (χ2v) is 11.4. The molecule has 0 radical (unpaired) electrons. The summed E-state index contributed by atoms with van der Waals surface area (Å²) in [6.45, 7) is 0. The molecule has 4 heteroatoms. The molecular formula is C20H31AsCl2O. The van der Waals surface area contributed by atoms with E-state index < -0.39 is 5.60 Å². The van der Waals surface area contributed by atoms with Gasteiger partial charge in [0.25, 0.3) is 0 Å². The van der Waals surface area contributed by atoms with Crippen LogP contribution in [0.5, 0.6) is 0 Å². The molecule has 1 N–H and O–H groups in total. The van der Waals surface area contributed by atoms with Gasteiger partial charge in [-0.05, 0) is 0 Å². The third-order valence-corrected chi connectivity index (χ3v) is 9.84. The zero-order valence-electron chi connectivity index (χ0n) is 14.5. The predicted molar refractivity (Wildman–Crippen MR) is 108 cm³/mol. The average molecular weight is 433 g/mol. The van der Waals surface area contributed by atoms with Crippen LogP contribution in [0.2, 0.25) is 14.9 Å². The summed E-state index contributed by atoms with van der Waals surface area (Å²) < 4.78 is 0.998. The normalized spacial score (nSPS) is 23.1. The molecule has 0 heterocycles. The topological polar surface area (TPSA) is 20.2 Å². The van der Waals surface area contributed by atoms with E-state index in [0.29, 0.717) is 5.92 Å². The quantitative estimate of drug-likeness (QED) is 0.553. The van der Waals surface area contributed by atoms with Gasteiger partial charge >= 0.3 is 153 Å². The van der Waals surface area contributed by atoms with Crippen molar-refractivity contribution in [2.75, 3.05) is 0 Å². The van der Waals surface area contributed by atoms with Crippen LogP contribution in [0.15, 0.2) is 24.3 Å². The first-order chi connectivity index (χ1) is 11.2. The third-order valence-electron chi connectivity index (χ3n) is 5.83. The maximum absolute atomic E-state index is 11.4. The fourth-order valence-electron chi connectivity index (χ4n) is 4.45. The van der Waals surface area contributed by atoms with E-state index in [2.05, 4.69) is 18.2 Å². The van der Waals surface area contributed by atoms with Crippen LogP contribution in [0.3, 0.4) is 0 Å². The molecule has 136 valence electrons. The Morgan fingerprint density at radius 1 is 1.08 bits per heavy atom. The number of benzene rings is 1. The van der Waals surface area contributed by atoms with E-state index in [4.69, 9.17) is 11.6 Å². The summed E-state index contributed by atoms with van der Waals surface area (Å²) in [4.78, 5) is 0. The van der Waals surface area contributed by atoms with Gasteiger partial charge < -0.3 is 0 Å². The molecule has 0 bridgehead atoms. The Balaban J connectivity index is 0.00000208. The fraction of sp³-hybridized carbons (Fsp3) is 0.700. The van der Waals surface area contributed by atoms with Crippen molar-refractivity contribution in [2.24, 2.45) is 0 Å². The van der Waals surface area contributed by atoms with E-state index in [1.54, 1.807) is 0 Å². The van der Waals surface area contributed by atoms with Gasteiger partial charge in [0.05, 0.1) is 0 Å². The summed E-state index contributed by atoms with van der Waals surface area (Å²) in [5.41, 5.74) is 0.794. The van der Waals surface area contributed by atoms with Crippen LogP contribution in [0.1, 0.15) is 75.7 Å². The molecular weight excluding hydrogens is 402 g/mol. The van der Waals surface area contributed by atoms with Crippen LogP contribution in [-0.4, -0.2) is 26.5 Å². The van der Waals surface area contributed by atoms with Crippen molar-refractivity contribution in [3.63, 3.8) is 0 Å². The number of aliphatic hydroxyl groups is 1. The van der Waals surface area contributed by atoms with E-state index in [1.807, 2.05) is 6.07 Å². The summed E-state index contributed by atoms with van der Waals surface area (Å²) in [6.07, 6.45) is 12.8. The van der Waals surface area contributed by atoms with Crippen molar-refractivity contribution in [3.8, 4) is 0 Å². The zero-order chi connectivity index (χ0) is 16.1. The molecule has 1 aromatic carbocycles. The number of hydrogen-bond donors (Lipinski definition) is 1. The molecule has 1 nitrogen and oxygen atoms in total. The minimum atomic E-state index is -0.485. The van der Waals surface area contributed by atoms with Crippen molar-refractivity contribution in [1.82, 2.24) is 0 Å². The van der Waals surface area contributed by atoms with Gasteiger partial charge in [-0.2, -0.15) is 0 Å². The van der Waals surface area contributed by atoms with Crippen LogP contribution in [0, 0.1) is 0 Å². The van der Waals surface area contributed by atoms with Crippen molar-refractivity contribution in [1.29, 1.82) is 0 Å². The van der Waals surface area contributed by atoms with Gasteiger partial charge in [-0.15, -0.1) is 12.4 Å². The molecule has 24 heavy (non-hydrogen) atoms. The predicted octanol–water partition coefficient (Wildman–Crippen LogP) is 6.15. The number of rotatable bonds is 5. The Morgan fingerprint density at radius 2 is 1.75 bits per heavy atom. The van der Waals surface area contributed by atoms with E-state index >= 15 is 0 Å². The van der Waals surface area contributed by atoms with Gasteiger partial charge in [-0.3, -0.25) is 0 Å². The zero-order valence-corrected chi connectivity index (χ0v) is 18.1. The first kappa shape index (κ1) is 20.6. The van der Waals surface area contributed by atoms with E-state index in [1.165, 1.54) is 62.1 Å². The molecule has 0 amide bonds. The van der Waals surface area contributed by atoms with Gasteiger partial charge in [0.1, 0.15) is 0 Å². The van der Waals surface area contributed by atoms with E-state index in [-0.39, 0.29) is 28.2 Å². The standard InChI is InChI=1S/C20H30AsClO.ClH/c22-18-11-7-8-16(14-18)19(20(23)12-5-2-6-13-20)15-21-17-9-3-1-4-10-17;/h7-8,11,14,17,19,21,23H,1-6,9-10,12-13,15H2;1H. The molecule has 3 rings (SSSR count). The molecule has 0 aliphatic heterocycles. The third kappa shape index (κ3) is 5.41. The van der Waals surface area contributed by atoms with Crippen molar-refractivity contribution >= 4 is 39.8 Å². The van der Waals surface area contributed by atoms with Crippen LogP contribution in [0.4, 0.5) is 0 Å². The summed E-state index contributed by atoms with van der Waals surface area (Å²) in [6, 6.07) is 8.30. The molecule has 2 unspecified atom stereocenters. The van der Waals surface area contributed by atoms with Crippen LogP contribution >= 0.6 is 24.0 Å². The second kappa shape index (κ2) is 9.86. The molecule has 2 aliphatic carbocycles. The molecule has 2 atom stereocenters.